The lowest BCUT2D eigenvalue weighted by Gasteiger charge is -2.23. The number of H-pyrrole nitrogens is 1. The number of hydrogen-bond acceptors (Lipinski definition) is 5. The summed E-state index contributed by atoms with van der Waals surface area (Å²) in [5.41, 5.74) is 2.75. The number of alkyl halides is 3. The molecule has 0 aliphatic rings. The summed E-state index contributed by atoms with van der Waals surface area (Å²) >= 11 is 0. The maximum atomic E-state index is 13.3. The van der Waals surface area contributed by atoms with Crippen LogP contribution >= 0.6 is 0 Å². The minimum Gasteiger partial charge on any atom is -0.497 e. The number of fused-ring (bicyclic) bond motifs is 1. The molecule has 4 aromatic rings. The molecule has 0 spiro atoms. The lowest BCUT2D eigenvalue weighted by Crippen LogP contribution is -2.31. The van der Waals surface area contributed by atoms with Gasteiger partial charge in [0, 0.05) is 18.1 Å². The lowest BCUT2D eigenvalue weighted by molar-refractivity contribution is -0.145. The van der Waals surface area contributed by atoms with Crippen LogP contribution in [0.4, 0.5) is 18.9 Å². The first-order chi connectivity index (χ1) is 15.2. The fourth-order valence-corrected chi connectivity index (χ4v) is 3.23. The Kier molecular flexibility index (Phi) is 5.52. The zero-order valence-electron chi connectivity index (χ0n) is 17.1. The van der Waals surface area contributed by atoms with Gasteiger partial charge in [-0.1, -0.05) is 12.1 Å². The Balaban J connectivity index is 1.72. The second-order valence-corrected chi connectivity index (χ2v) is 7.06. The Bertz CT molecular complexity index is 1250. The number of halogens is 3. The average molecular weight is 441 g/mol. The summed E-state index contributed by atoms with van der Waals surface area (Å²) in [7, 11) is 1.55. The second kappa shape index (κ2) is 8.29. The normalized spacial score (nSPS) is 11.5. The number of benzene rings is 2. The first-order valence-corrected chi connectivity index (χ1v) is 9.55. The molecular formula is C22H18F3N5O2. The summed E-state index contributed by atoms with van der Waals surface area (Å²) in [6.45, 7) is 1.99. The van der Waals surface area contributed by atoms with Crippen LogP contribution in [0.5, 0.6) is 5.75 Å². The lowest BCUT2D eigenvalue weighted by atomic mass is 10.1. The number of carbonyl (C=O) groups excluding carboxylic acids is 1. The molecule has 2 aromatic heterocycles. The van der Waals surface area contributed by atoms with Gasteiger partial charge in [0.1, 0.15) is 11.6 Å². The Hall–Kier alpha value is -3.95. The molecule has 1 amide bonds. The van der Waals surface area contributed by atoms with Gasteiger partial charge in [0.25, 0.3) is 5.91 Å². The van der Waals surface area contributed by atoms with Crippen LogP contribution < -0.4 is 9.64 Å². The van der Waals surface area contributed by atoms with Crippen LogP contribution in [0.15, 0.2) is 54.9 Å². The highest BCUT2D eigenvalue weighted by molar-refractivity contribution is 6.06. The van der Waals surface area contributed by atoms with E-state index in [-0.39, 0.29) is 12.1 Å². The first kappa shape index (κ1) is 21.3. The molecule has 4 rings (SSSR count). The van der Waals surface area contributed by atoms with E-state index in [4.69, 9.17) is 4.74 Å². The molecule has 32 heavy (non-hydrogen) atoms. The first-order valence-electron chi connectivity index (χ1n) is 9.55. The van der Waals surface area contributed by atoms with Gasteiger partial charge < -0.3 is 14.6 Å². The Morgan fingerprint density at radius 3 is 2.41 bits per heavy atom. The number of anilines is 1. The average Bonchev–Trinajstić information content (AvgIpc) is 3.16. The zero-order valence-corrected chi connectivity index (χ0v) is 17.1. The Labute approximate surface area is 180 Å². The molecule has 0 aliphatic carbocycles. The van der Waals surface area contributed by atoms with Crippen molar-refractivity contribution in [2.45, 2.75) is 19.6 Å². The predicted octanol–water partition coefficient (Wildman–Crippen LogP) is 4.54. The molecule has 0 radical (unpaired) electrons. The monoisotopic (exact) mass is 441 g/mol. The summed E-state index contributed by atoms with van der Waals surface area (Å²) in [6.07, 6.45) is -2.91. The molecule has 10 heteroatoms. The summed E-state index contributed by atoms with van der Waals surface area (Å²) in [4.78, 5) is 28.8. The third kappa shape index (κ3) is 4.39. The van der Waals surface area contributed by atoms with Crippen LogP contribution in [0.2, 0.25) is 0 Å². The van der Waals surface area contributed by atoms with E-state index < -0.39 is 17.9 Å². The van der Waals surface area contributed by atoms with Gasteiger partial charge in [0.05, 0.1) is 30.3 Å². The van der Waals surface area contributed by atoms with Crippen molar-refractivity contribution < 1.29 is 22.7 Å². The maximum Gasteiger partial charge on any atom is 0.451 e. The van der Waals surface area contributed by atoms with Crippen LogP contribution in [-0.2, 0) is 12.7 Å². The smallest absolute Gasteiger partial charge is 0.451 e. The number of imidazole rings is 1. The number of nitrogens with zero attached hydrogens (tertiary/aromatic N) is 4. The SMILES string of the molecule is COc1ccc(CN(C(=O)c2cnc(C(F)(F)F)nc2)c2ccc3nc(C)[nH]c3c2)cc1. The van der Waals surface area contributed by atoms with Gasteiger partial charge >= 0.3 is 6.18 Å². The van der Waals surface area contributed by atoms with Crippen LogP contribution in [0.25, 0.3) is 11.0 Å². The Morgan fingerprint density at radius 1 is 1.09 bits per heavy atom. The molecule has 0 atom stereocenters. The number of hydrogen-bond donors (Lipinski definition) is 1. The number of aromatic nitrogens is 4. The van der Waals surface area contributed by atoms with Gasteiger partial charge in [0.2, 0.25) is 5.82 Å². The predicted molar refractivity (Wildman–Crippen MR) is 111 cm³/mol. The Morgan fingerprint density at radius 2 is 1.78 bits per heavy atom. The third-order valence-corrected chi connectivity index (χ3v) is 4.79. The number of aryl methyl sites for hydroxylation is 1. The minimum atomic E-state index is -4.69. The summed E-state index contributed by atoms with van der Waals surface area (Å²) in [5, 5.41) is 0. The van der Waals surface area contributed by atoms with E-state index in [1.54, 1.807) is 49.6 Å². The highest BCUT2D eigenvalue weighted by Crippen LogP contribution is 2.27. The summed E-state index contributed by atoms with van der Waals surface area (Å²) in [5.74, 6) is -0.450. The largest absolute Gasteiger partial charge is 0.497 e. The maximum absolute atomic E-state index is 13.3. The molecule has 1 N–H and O–H groups in total. The van der Waals surface area contributed by atoms with E-state index in [1.165, 1.54) is 4.90 Å². The molecule has 164 valence electrons. The quantitative estimate of drug-likeness (QED) is 0.492. The molecular weight excluding hydrogens is 423 g/mol. The highest BCUT2D eigenvalue weighted by atomic mass is 19.4. The molecule has 0 unspecified atom stereocenters. The van der Waals surface area contributed by atoms with Crippen LogP contribution in [0.1, 0.15) is 27.6 Å². The minimum absolute atomic E-state index is 0.0626. The second-order valence-electron chi connectivity index (χ2n) is 7.06. The zero-order chi connectivity index (χ0) is 22.9. The standard InChI is InChI=1S/C22H18F3N5O2/c1-13-28-18-8-5-16(9-19(18)29-13)30(12-14-3-6-17(32-2)7-4-14)20(31)15-10-26-21(27-11-15)22(23,24)25/h3-11H,12H2,1-2H3,(H,28,29). The molecule has 0 saturated heterocycles. The van der Waals surface area contributed by atoms with Gasteiger partial charge in [-0.3, -0.25) is 4.79 Å². The highest BCUT2D eigenvalue weighted by Gasteiger charge is 2.34. The third-order valence-electron chi connectivity index (χ3n) is 4.79. The van der Waals surface area contributed by atoms with Crippen molar-refractivity contribution >= 4 is 22.6 Å². The van der Waals surface area contributed by atoms with Crippen LogP contribution in [-0.4, -0.2) is 33.0 Å². The fourth-order valence-electron chi connectivity index (χ4n) is 3.23. The number of aromatic amines is 1. The van der Waals surface area contributed by atoms with Gasteiger partial charge in [-0.05, 0) is 42.8 Å². The van der Waals surface area contributed by atoms with E-state index in [0.717, 1.165) is 34.8 Å². The van der Waals surface area contributed by atoms with Gasteiger partial charge in [0.15, 0.2) is 0 Å². The van der Waals surface area contributed by atoms with Crippen molar-refractivity contribution in [2.24, 2.45) is 0 Å². The van der Waals surface area contributed by atoms with E-state index in [0.29, 0.717) is 11.4 Å². The number of ether oxygens (including phenoxy) is 1. The van der Waals surface area contributed by atoms with Gasteiger partial charge in [-0.25, -0.2) is 15.0 Å². The number of carbonyl (C=O) groups is 1. The van der Waals surface area contributed by atoms with E-state index in [1.807, 2.05) is 6.92 Å². The van der Waals surface area contributed by atoms with E-state index in [9.17, 15) is 18.0 Å². The van der Waals surface area contributed by atoms with Gasteiger partial charge in [-0.2, -0.15) is 13.2 Å². The summed E-state index contributed by atoms with van der Waals surface area (Å²) < 4.78 is 43.6. The number of amides is 1. The van der Waals surface area contributed by atoms with Crippen LogP contribution in [0, 0.1) is 6.92 Å². The van der Waals surface area contributed by atoms with E-state index in [2.05, 4.69) is 19.9 Å². The summed E-state index contributed by atoms with van der Waals surface area (Å²) in [6, 6.07) is 12.4. The number of rotatable bonds is 5. The van der Waals surface area contributed by atoms with Crippen LogP contribution in [0.3, 0.4) is 0 Å². The van der Waals surface area contributed by atoms with Crippen molar-refractivity contribution in [3.63, 3.8) is 0 Å². The van der Waals surface area contributed by atoms with E-state index >= 15 is 0 Å². The number of methoxy groups -OCH3 is 1. The van der Waals surface area contributed by atoms with Crippen molar-refractivity contribution in [2.75, 3.05) is 12.0 Å². The van der Waals surface area contributed by atoms with Gasteiger partial charge in [-0.15, -0.1) is 0 Å². The molecule has 7 nitrogen and oxygen atoms in total. The van der Waals surface area contributed by atoms with Crippen molar-refractivity contribution in [1.82, 2.24) is 19.9 Å². The fraction of sp³-hybridized carbons (Fsp3) is 0.182. The molecule has 0 aliphatic heterocycles. The molecule has 2 heterocycles. The molecule has 0 saturated carbocycles. The molecule has 0 bridgehead atoms. The topological polar surface area (TPSA) is 84.0 Å². The molecule has 0 fully saturated rings. The molecule has 2 aromatic carbocycles. The van der Waals surface area contributed by atoms with Crippen molar-refractivity contribution in [3.8, 4) is 5.75 Å². The van der Waals surface area contributed by atoms with Crippen molar-refractivity contribution in [3.05, 3.63) is 77.6 Å². The van der Waals surface area contributed by atoms with Crippen molar-refractivity contribution in [1.29, 1.82) is 0 Å². The number of nitrogens with one attached hydrogen (secondary N) is 1.